The van der Waals surface area contributed by atoms with Crippen LogP contribution >= 0.6 is 7.82 Å². The number of hydrogen-bond acceptors (Lipinski definition) is 5. The molecule has 8 nitrogen and oxygen atoms in total. The molecule has 0 aliphatic carbocycles. The third-order valence-corrected chi connectivity index (χ3v) is 8.57. The summed E-state index contributed by atoms with van der Waals surface area (Å²) in [6.45, 7) is 4.69. The number of likely N-dealkylation sites (N-methyl/N-ethyl adjacent to an activating group) is 1. The second-order valence-electron chi connectivity index (χ2n) is 13.2. The third kappa shape index (κ3) is 31.1. The number of phosphoric ester groups is 1. The van der Waals surface area contributed by atoms with Crippen LogP contribution in [0.5, 0.6) is 0 Å². The van der Waals surface area contributed by atoms with Crippen LogP contribution in [0.2, 0.25) is 0 Å². The zero-order chi connectivity index (χ0) is 33.7. The maximum atomic E-state index is 12.7. The van der Waals surface area contributed by atoms with Crippen molar-refractivity contribution in [3.05, 3.63) is 36.5 Å². The third-order valence-electron chi connectivity index (χ3n) is 7.58. The van der Waals surface area contributed by atoms with Gasteiger partial charge in [-0.1, -0.05) is 108 Å². The van der Waals surface area contributed by atoms with Gasteiger partial charge >= 0.3 is 7.82 Å². The minimum absolute atomic E-state index is 0.0537. The summed E-state index contributed by atoms with van der Waals surface area (Å²) in [5, 5.41) is 13.6. The van der Waals surface area contributed by atoms with Crippen molar-refractivity contribution >= 4 is 13.7 Å². The Balaban J connectivity index is 4.59. The van der Waals surface area contributed by atoms with Crippen LogP contribution in [-0.4, -0.2) is 73.4 Å². The first-order valence-corrected chi connectivity index (χ1v) is 19.4. The van der Waals surface area contributed by atoms with E-state index in [9.17, 15) is 19.4 Å². The molecule has 3 N–H and O–H groups in total. The molecule has 0 aromatic rings. The van der Waals surface area contributed by atoms with Crippen molar-refractivity contribution < 1.29 is 32.9 Å². The minimum atomic E-state index is -4.33. The molecule has 0 saturated heterocycles. The molecule has 264 valence electrons. The van der Waals surface area contributed by atoms with E-state index in [1.54, 1.807) is 6.08 Å². The Kier molecular flexibility index (Phi) is 28.1. The number of amides is 1. The lowest BCUT2D eigenvalue weighted by atomic mass is 10.1. The summed E-state index contributed by atoms with van der Waals surface area (Å²) in [6, 6.07) is -0.862. The molecular weight excluding hydrogens is 587 g/mol. The minimum Gasteiger partial charge on any atom is -0.387 e. The Hall–Kier alpha value is -1.28. The number of nitrogens with zero attached hydrogens (tertiary/aromatic N) is 1. The summed E-state index contributed by atoms with van der Waals surface area (Å²) in [5.41, 5.74) is 0. The molecule has 0 spiro atoms. The van der Waals surface area contributed by atoms with Crippen LogP contribution < -0.4 is 5.32 Å². The molecule has 0 rings (SSSR count). The molecule has 45 heavy (non-hydrogen) atoms. The Labute approximate surface area is 276 Å². The Morgan fingerprint density at radius 2 is 1.22 bits per heavy atom. The zero-order valence-electron chi connectivity index (χ0n) is 29.6. The van der Waals surface area contributed by atoms with Gasteiger partial charge in [0.2, 0.25) is 5.91 Å². The van der Waals surface area contributed by atoms with Gasteiger partial charge in [0.1, 0.15) is 13.2 Å². The predicted octanol–water partition coefficient (Wildman–Crippen LogP) is 8.79. The van der Waals surface area contributed by atoms with Crippen LogP contribution in [-0.2, 0) is 18.4 Å². The van der Waals surface area contributed by atoms with Crippen LogP contribution in [0.15, 0.2) is 36.5 Å². The first kappa shape index (κ1) is 43.7. The molecule has 9 heteroatoms. The van der Waals surface area contributed by atoms with Crippen molar-refractivity contribution in [3.63, 3.8) is 0 Å². The van der Waals surface area contributed by atoms with Gasteiger partial charge in [-0.3, -0.25) is 13.8 Å². The standard InChI is InChI=1S/C36H69N2O6P/c1-6-8-10-12-14-16-17-18-19-20-22-24-26-28-30-36(40)37-34(33-44-45(41,42)43-32-31-38(3,4)5)35(39)29-27-25-23-21-15-13-11-9-7-2/h15,17-18,21,27,29,34-35,39H,6-14,16,19-20,22-26,28,30-33H2,1-5H3,(H-,37,40,41,42)/p+1/b18-17-,21-15+,29-27+. The summed E-state index contributed by atoms with van der Waals surface area (Å²) in [6.07, 6.45) is 32.2. The highest BCUT2D eigenvalue weighted by molar-refractivity contribution is 7.47. The quantitative estimate of drug-likeness (QED) is 0.0298. The highest BCUT2D eigenvalue weighted by Gasteiger charge is 2.27. The maximum Gasteiger partial charge on any atom is 0.472 e. The van der Waals surface area contributed by atoms with Gasteiger partial charge in [-0.25, -0.2) is 4.57 Å². The van der Waals surface area contributed by atoms with E-state index in [4.69, 9.17) is 9.05 Å². The molecule has 0 aliphatic rings. The van der Waals surface area contributed by atoms with Crippen molar-refractivity contribution in [1.82, 2.24) is 5.32 Å². The van der Waals surface area contributed by atoms with Crippen LogP contribution in [0.3, 0.4) is 0 Å². The highest BCUT2D eigenvalue weighted by atomic mass is 31.2. The Morgan fingerprint density at radius 3 is 1.82 bits per heavy atom. The molecule has 0 fully saturated rings. The van der Waals surface area contributed by atoms with E-state index in [1.807, 2.05) is 27.2 Å². The van der Waals surface area contributed by atoms with E-state index in [1.165, 1.54) is 64.2 Å². The van der Waals surface area contributed by atoms with Crippen LogP contribution in [0, 0.1) is 0 Å². The predicted molar refractivity (Wildman–Crippen MR) is 189 cm³/mol. The van der Waals surface area contributed by atoms with Gasteiger partial charge in [-0.05, 0) is 57.8 Å². The average molecular weight is 658 g/mol. The topological polar surface area (TPSA) is 105 Å². The van der Waals surface area contributed by atoms with E-state index < -0.39 is 20.0 Å². The van der Waals surface area contributed by atoms with Crippen molar-refractivity contribution in [2.75, 3.05) is 40.9 Å². The lowest BCUT2D eigenvalue weighted by molar-refractivity contribution is -0.870. The Bertz CT molecular complexity index is 840. The fourth-order valence-electron chi connectivity index (χ4n) is 4.64. The zero-order valence-corrected chi connectivity index (χ0v) is 30.5. The number of rotatable bonds is 31. The van der Waals surface area contributed by atoms with Gasteiger partial charge < -0.3 is 19.8 Å². The van der Waals surface area contributed by atoms with Gasteiger partial charge in [0.25, 0.3) is 0 Å². The van der Waals surface area contributed by atoms with Gasteiger partial charge in [-0.2, -0.15) is 0 Å². The lowest BCUT2D eigenvalue weighted by Gasteiger charge is -2.25. The van der Waals surface area contributed by atoms with Gasteiger partial charge in [0, 0.05) is 6.42 Å². The Morgan fingerprint density at radius 1 is 0.733 bits per heavy atom. The van der Waals surface area contributed by atoms with Gasteiger partial charge in [-0.15, -0.1) is 0 Å². The summed E-state index contributed by atoms with van der Waals surface area (Å²) in [4.78, 5) is 22.9. The summed E-state index contributed by atoms with van der Waals surface area (Å²) >= 11 is 0. The molecule has 0 aromatic carbocycles. The van der Waals surface area contributed by atoms with Gasteiger partial charge in [0.05, 0.1) is 39.9 Å². The van der Waals surface area contributed by atoms with E-state index >= 15 is 0 Å². The highest BCUT2D eigenvalue weighted by Crippen LogP contribution is 2.43. The number of nitrogens with one attached hydrogen (secondary N) is 1. The fraction of sp³-hybridized carbons (Fsp3) is 0.806. The second-order valence-corrected chi connectivity index (χ2v) is 14.7. The summed E-state index contributed by atoms with van der Waals surface area (Å²) in [7, 11) is 1.54. The van der Waals surface area contributed by atoms with E-state index in [2.05, 4.69) is 43.5 Å². The largest absolute Gasteiger partial charge is 0.472 e. The fourth-order valence-corrected chi connectivity index (χ4v) is 5.37. The number of hydrogen-bond donors (Lipinski definition) is 3. The number of aliphatic hydroxyl groups is 1. The number of quaternary nitrogens is 1. The first-order chi connectivity index (χ1) is 21.5. The molecule has 3 unspecified atom stereocenters. The van der Waals surface area contributed by atoms with E-state index in [-0.39, 0.29) is 19.1 Å². The summed E-state index contributed by atoms with van der Waals surface area (Å²) in [5.74, 6) is -0.202. The average Bonchev–Trinajstić information content (AvgIpc) is 2.97. The number of phosphoric acid groups is 1. The number of carbonyl (C=O) groups excluding carboxylic acids is 1. The molecule has 1 amide bonds. The SMILES string of the molecule is CCCCC/C=C/CC/C=C/C(O)C(COP(=O)(O)OCC[N+](C)(C)C)NC(=O)CCCCCCC/C=C\CCCCCCC. The molecule has 0 saturated carbocycles. The van der Waals surface area contributed by atoms with Crippen molar-refractivity contribution in [2.45, 2.75) is 148 Å². The number of unbranched alkanes of at least 4 members (excludes halogenated alkanes) is 14. The molecule has 3 atom stereocenters. The molecule has 0 bridgehead atoms. The maximum absolute atomic E-state index is 12.7. The molecule has 0 heterocycles. The van der Waals surface area contributed by atoms with Crippen molar-refractivity contribution in [3.8, 4) is 0 Å². The molecule has 0 aromatic heterocycles. The molecule has 0 radical (unpaired) electrons. The van der Waals surface area contributed by atoms with E-state index in [0.29, 0.717) is 17.4 Å². The smallest absolute Gasteiger partial charge is 0.387 e. The number of allylic oxidation sites excluding steroid dienone is 5. The molecule has 0 aliphatic heterocycles. The normalized spacial score (nSPS) is 15.3. The van der Waals surface area contributed by atoms with Crippen LogP contribution in [0.1, 0.15) is 136 Å². The van der Waals surface area contributed by atoms with Crippen LogP contribution in [0.25, 0.3) is 0 Å². The number of aliphatic hydroxyl groups excluding tert-OH is 1. The monoisotopic (exact) mass is 657 g/mol. The number of carbonyl (C=O) groups is 1. The second kappa shape index (κ2) is 28.9. The summed E-state index contributed by atoms with van der Waals surface area (Å²) < 4.78 is 23.3. The lowest BCUT2D eigenvalue weighted by Crippen LogP contribution is -2.45. The molecular formula is C36H70N2O6P+. The van der Waals surface area contributed by atoms with Crippen molar-refractivity contribution in [2.24, 2.45) is 0 Å². The first-order valence-electron chi connectivity index (χ1n) is 17.9. The van der Waals surface area contributed by atoms with Crippen LogP contribution in [0.4, 0.5) is 0 Å². The van der Waals surface area contributed by atoms with Crippen molar-refractivity contribution in [1.29, 1.82) is 0 Å². The van der Waals surface area contributed by atoms with Gasteiger partial charge in [0.15, 0.2) is 0 Å². The van der Waals surface area contributed by atoms with E-state index in [0.717, 1.165) is 51.4 Å².